The summed E-state index contributed by atoms with van der Waals surface area (Å²) in [5.74, 6) is 4.14. The Kier molecular flexibility index (Phi) is 57.6. The van der Waals surface area contributed by atoms with Crippen molar-refractivity contribution in [1.29, 1.82) is 0 Å². The molecule has 0 unspecified atom stereocenters. The van der Waals surface area contributed by atoms with Gasteiger partial charge in [-0.15, -0.1) is 0 Å². The normalized spacial score (nSPS) is 7.74. The SMILES string of the molecule is C[PH+](C)C.C[PH+](C)C.C[PH+](C)C.[CH3][Al]([CH3])[Cl].[CH]#[W][Cl]. The first-order valence-corrected chi connectivity index (χ1v) is 24.6. The summed E-state index contributed by atoms with van der Waals surface area (Å²) in [6.07, 6.45) is 0. The second-order valence-corrected chi connectivity index (χ2v) is 21.3. The minimum atomic E-state index is -0.778. The van der Waals surface area contributed by atoms with Crippen molar-refractivity contribution in [2.75, 3.05) is 60.0 Å². The van der Waals surface area contributed by atoms with Crippen LogP contribution in [0.4, 0.5) is 0 Å². The van der Waals surface area contributed by atoms with E-state index in [1.807, 2.05) is 0 Å². The van der Waals surface area contributed by atoms with Crippen LogP contribution in [-0.4, -0.2) is 73.2 Å². The van der Waals surface area contributed by atoms with E-state index >= 15 is 0 Å². The van der Waals surface area contributed by atoms with Gasteiger partial charge in [0.25, 0.3) is 0 Å². The maximum atomic E-state index is 5.41. The molecule has 0 fully saturated rings. The monoisotopic (exact) mass is 555 g/mol. The maximum absolute atomic E-state index is 5.41. The van der Waals surface area contributed by atoms with Crippen LogP contribution in [0.1, 0.15) is 0 Å². The molecule has 0 spiro atoms. The molecule has 0 radical (unpaired) electrons. The van der Waals surface area contributed by atoms with E-state index in [1.54, 1.807) is 0 Å². The van der Waals surface area contributed by atoms with Gasteiger partial charge in [-0.2, -0.15) is 0 Å². The summed E-state index contributed by atoms with van der Waals surface area (Å²) in [5, 5.41) is 0. The molecular formula is C12H37AlCl2P3W+3. The van der Waals surface area contributed by atoms with E-state index in [-0.39, 0.29) is 23.8 Å². The van der Waals surface area contributed by atoms with Crippen molar-refractivity contribution in [3.05, 3.63) is 0 Å². The van der Waals surface area contributed by atoms with Gasteiger partial charge in [-0.3, -0.25) is 10.0 Å². The van der Waals surface area contributed by atoms with Gasteiger partial charge in [0.1, 0.15) is 0 Å². The second-order valence-electron chi connectivity index (χ2n) is 5.60. The van der Waals surface area contributed by atoms with Crippen molar-refractivity contribution < 1.29 is 16.9 Å². The van der Waals surface area contributed by atoms with Crippen LogP contribution in [0.15, 0.2) is 0 Å². The molecule has 0 nitrogen and oxygen atoms in total. The van der Waals surface area contributed by atoms with Crippen molar-refractivity contribution in [1.82, 2.24) is 0 Å². The van der Waals surface area contributed by atoms with Crippen molar-refractivity contribution in [2.45, 2.75) is 11.6 Å². The van der Waals surface area contributed by atoms with Crippen molar-refractivity contribution in [3.8, 4) is 4.71 Å². The molecule has 0 heterocycles. The average molecular weight is 556 g/mol. The summed E-state index contributed by atoms with van der Waals surface area (Å²) in [7, 11) is 10.7. The fraction of sp³-hybridized carbons (Fsp3) is 0.917. The molecule has 19 heavy (non-hydrogen) atoms. The third kappa shape index (κ3) is 902. The van der Waals surface area contributed by atoms with Gasteiger partial charge in [0.15, 0.2) is 0 Å². The molecular weight excluding hydrogens is 519 g/mol. The van der Waals surface area contributed by atoms with Crippen LogP contribution < -0.4 is 0 Å². The van der Waals surface area contributed by atoms with Crippen LogP contribution in [0.25, 0.3) is 0 Å². The molecule has 0 aliphatic carbocycles. The molecule has 0 saturated heterocycles. The molecule has 0 N–H and O–H groups in total. The minimum absolute atomic E-state index is 0.120. The van der Waals surface area contributed by atoms with Crippen LogP contribution in [0.2, 0.25) is 11.6 Å². The van der Waals surface area contributed by atoms with E-state index in [0.717, 1.165) is 0 Å². The van der Waals surface area contributed by atoms with Gasteiger partial charge in [0.05, 0.1) is 0 Å². The molecule has 0 saturated carbocycles. The van der Waals surface area contributed by atoms with E-state index in [9.17, 15) is 0 Å². The Labute approximate surface area is 148 Å². The summed E-state index contributed by atoms with van der Waals surface area (Å²) >= 11 is -1.44. The Morgan fingerprint density at radius 1 is 0.737 bits per heavy atom. The van der Waals surface area contributed by atoms with Gasteiger partial charge >= 0.3 is 44.2 Å². The second kappa shape index (κ2) is 32.7. The van der Waals surface area contributed by atoms with E-state index in [2.05, 4.69) is 71.6 Å². The van der Waals surface area contributed by atoms with Gasteiger partial charge in [0.2, 0.25) is 0 Å². The Hall–Kier alpha value is 2.87. The van der Waals surface area contributed by atoms with E-state index in [4.69, 9.17) is 24.2 Å². The number of rotatable bonds is 0. The third-order valence-corrected chi connectivity index (χ3v) is 0. The summed E-state index contributed by atoms with van der Waals surface area (Å²) in [4.78, 5) is 0. The molecule has 0 aliphatic rings. The van der Waals surface area contributed by atoms with Crippen LogP contribution >= 0.6 is 43.2 Å². The Morgan fingerprint density at radius 2 is 0.737 bits per heavy atom. The molecule has 0 aromatic heterocycles. The molecule has 0 aliphatic heterocycles. The van der Waals surface area contributed by atoms with Crippen LogP contribution in [0.3, 0.4) is 0 Å². The zero-order valence-corrected chi connectivity index (χ0v) is 23.4. The molecule has 0 atom stereocenters. The first-order chi connectivity index (χ1) is 8.34. The fourth-order valence-corrected chi connectivity index (χ4v) is 0. The number of hydrogen-bond donors (Lipinski definition) is 0. The van der Waals surface area contributed by atoms with Crippen LogP contribution in [0.5, 0.6) is 0 Å². The number of hydrogen-bond acceptors (Lipinski definition) is 0. The number of halogens is 2. The van der Waals surface area contributed by atoms with Gasteiger partial charge < -0.3 is 0 Å². The van der Waals surface area contributed by atoms with Crippen molar-refractivity contribution in [3.63, 3.8) is 0 Å². The summed E-state index contributed by atoms with van der Waals surface area (Å²) in [5.41, 5.74) is 0. The Bertz CT molecular complexity index is 129. The summed E-state index contributed by atoms with van der Waals surface area (Å²) in [6.45, 7) is 20.4. The molecule has 7 heteroatoms. The predicted molar refractivity (Wildman–Crippen MR) is 112 cm³/mol. The molecule has 0 bridgehead atoms. The fourth-order valence-electron chi connectivity index (χ4n) is 0. The van der Waals surface area contributed by atoms with Gasteiger partial charge in [-0.1, -0.05) is 11.6 Å². The Balaban J connectivity index is -0.0000000432. The zero-order chi connectivity index (χ0) is 17.0. The van der Waals surface area contributed by atoms with E-state index < -0.39 is 30.1 Å². The van der Waals surface area contributed by atoms with Gasteiger partial charge in [-0.05, 0) is 23.8 Å². The van der Waals surface area contributed by atoms with Crippen molar-refractivity contribution in [2.24, 2.45) is 0 Å². The van der Waals surface area contributed by atoms with Gasteiger partial charge in [0, 0.05) is 60.0 Å². The van der Waals surface area contributed by atoms with E-state index in [1.165, 1.54) is 0 Å². The summed E-state index contributed by atoms with van der Waals surface area (Å²) in [6, 6.07) is 0. The molecule has 0 aromatic carbocycles. The predicted octanol–water partition coefficient (Wildman–Crippen LogP) is 5.56. The molecule has 0 amide bonds. The molecule has 0 aromatic rings. The van der Waals surface area contributed by atoms with Crippen LogP contribution in [-0.2, 0) is 16.9 Å². The first kappa shape index (κ1) is 33.5. The van der Waals surface area contributed by atoms with E-state index in [0.29, 0.717) is 0 Å². The van der Waals surface area contributed by atoms with Crippen molar-refractivity contribution >= 4 is 56.5 Å². The quantitative estimate of drug-likeness (QED) is 0.271. The third-order valence-electron chi connectivity index (χ3n) is 0. The Morgan fingerprint density at radius 3 is 0.737 bits per heavy atom. The zero-order valence-electron chi connectivity index (χ0n) is 14.8. The average Bonchev–Trinajstić information content (AvgIpc) is 1.97. The summed E-state index contributed by atoms with van der Waals surface area (Å²) < 4.78 is 4.78. The molecule has 120 valence electrons. The van der Waals surface area contributed by atoms with Gasteiger partial charge in [-0.25, -0.2) is 0 Å². The standard InChI is InChI=1S/3C3H9P.2CH3.CH.Al.2ClH.W/c3*1-4(2)3;;;;;;;/h3*1-3H3;2*1H3;1H;;2*1H;/q;;;;;;+1;;;+1/p+1. The molecule has 0 rings (SSSR count). The first-order valence-electron chi connectivity index (χ1n) is 6.26. The topological polar surface area (TPSA) is 0 Å². The van der Waals surface area contributed by atoms with Crippen LogP contribution in [0, 0.1) is 4.71 Å².